The van der Waals surface area contributed by atoms with E-state index in [0.717, 1.165) is 35.6 Å². The molecule has 38 heavy (non-hydrogen) atoms. The summed E-state index contributed by atoms with van der Waals surface area (Å²) in [6.45, 7) is 3.52. The maximum atomic E-state index is 12.0. The number of fused-ring (bicyclic) bond motifs is 1. The van der Waals surface area contributed by atoms with Crippen molar-refractivity contribution in [2.75, 3.05) is 39.1 Å². The first kappa shape index (κ1) is 25.5. The molecule has 2 aromatic heterocycles. The van der Waals surface area contributed by atoms with Gasteiger partial charge in [0.25, 0.3) is 5.91 Å². The molecule has 0 unspecified atom stereocenters. The predicted molar refractivity (Wildman–Crippen MR) is 153 cm³/mol. The van der Waals surface area contributed by atoms with E-state index in [1.807, 2.05) is 23.7 Å². The highest BCUT2D eigenvalue weighted by molar-refractivity contribution is 5.92. The van der Waals surface area contributed by atoms with Crippen molar-refractivity contribution in [1.82, 2.24) is 24.8 Å². The molecule has 0 atom stereocenters. The van der Waals surface area contributed by atoms with E-state index in [1.54, 1.807) is 26.3 Å². The Bertz CT molecular complexity index is 1440. The van der Waals surface area contributed by atoms with Gasteiger partial charge >= 0.3 is 0 Å². The number of ether oxygens (including phenoxy) is 2. The van der Waals surface area contributed by atoms with Gasteiger partial charge in [-0.25, -0.2) is 4.98 Å². The molecular formula is C29H38N6O3. The van der Waals surface area contributed by atoms with Crippen LogP contribution in [0.2, 0.25) is 0 Å². The Morgan fingerprint density at radius 3 is 2.71 bits per heavy atom. The van der Waals surface area contributed by atoms with Crippen molar-refractivity contribution in [3.8, 4) is 17.2 Å². The Hall–Kier alpha value is -4.11. The standard InChI is InChI=1S/C29H34N6O3.2H2/c1-30-28(36)24-17-22(10-12-31-24)38-27-18-23-25(19-26(27)37-3)34(2)29(33-23)32-21-9-7-8-20(16-21)11-15-35-13-5-4-6-14-35;;/h7-10,12,16-19H,4-6,11,13-15H2,1-3H3,(H,30,36)(H,32,33);2*1H. The van der Waals surface area contributed by atoms with E-state index in [2.05, 4.69) is 44.8 Å². The molecule has 5 rings (SSSR count). The summed E-state index contributed by atoms with van der Waals surface area (Å²) in [6.07, 6.45) is 6.55. The summed E-state index contributed by atoms with van der Waals surface area (Å²) >= 11 is 0. The van der Waals surface area contributed by atoms with Gasteiger partial charge < -0.3 is 29.6 Å². The van der Waals surface area contributed by atoms with E-state index in [9.17, 15) is 4.79 Å². The van der Waals surface area contributed by atoms with Crippen LogP contribution in [0.4, 0.5) is 11.6 Å². The third-order valence-electron chi connectivity index (χ3n) is 6.93. The molecule has 1 aliphatic rings. The van der Waals surface area contributed by atoms with Gasteiger partial charge in [0.1, 0.15) is 11.4 Å². The molecule has 0 spiro atoms. The molecule has 1 saturated heterocycles. The lowest BCUT2D eigenvalue weighted by Gasteiger charge is -2.26. The molecule has 9 nitrogen and oxygen atoms in total. The van der Waals surface area contributed by atoms with Crippen LogP contribution in [0.1, 0.15) is 38.2 Å². The number of carbonyl (C=O) groups is 1. The Morgan fingerprint density at radius 1 is 1.08 bits per heavy atom. The zero-order valence-electron chi connectivity index (χ0n) is 22.2. The van der Waals surface area contributed by atoms with Crippen LogP contribution in [0.3, 0.4) is 0 Å². The van der Waals surface area contributed by atoms with E-state index >= 15 is 0 Å². The number of imidazole rings is 1. The van der Waals surface area contributed by atoms with Crippen LogP contribution in [0.5, 0.6) is 17.2 Å². The number of nitrogens with one attached hydrogen (secondary N) is 2. The number of hydrogen-bond acceptors (Lipinski definition) is 7. The van der Waals surface area contributed by atoms with Crippen molar-refractivity contribution in [1.29, 1.82) is 0 Å². The number of aromatic nitrogens is 3. The number of aryl methyl sites for hydroxylation is 1. The predicted octanol–water partition coefficient (Wildman–Crippen LogP) is 5.39. The first-order valence-corrected chi connectivity index (χ1v) is 13.0. The largest absolute Gasteiger partial charge is 0.493 e. The number of rotatable bonds is 9. The molecule has 202 valence electrons. The van der Waals surface area contributed by atoms with Gasteiger partial charge in [-0.15, -0.1) is 0 Å². The molecular weight excluding hydrogens is 480 g/mol. The fourth-order valence-corrected chi connectivity index (χ4v) is 4.81. The highest BCUT2D eigenvalue weighted by Crippen LogP contribution is 2.36. The average Bonchev–Trinajstić information content (AvgIpc) is 3.25. The summed E-state index contributed by atoms with van der Waals surface area (Å²) in [5.74, 6) is 1.97. The first-order chi connectivity index (χ1) is 18.5. The normalized spacial score (nSPS) is 13.9. The van der Waals surface area contributed by atoms with Crippen LogP contribution in [0.15, 0.2) is 54.7 Å². The SMILES string of the molecule is CNC(=O)c1cc(Oc2cc3nc(Nc4cccc(CCN5CCCCC5)c4)n(C)c3cc2OC)ccn1.[HH].[HH]. The highest BCUT2D eigenvalue weighted by atomic mass is 16.5. The van der Waals surface area contributed by atoms with Gasteiger partial charge in [0.15, 0.2) is 11.5 Å². The molecule has 9 heteroatoms. The molecule has 0 aliphatic carbocycles. The van der Waals surface area contributed by atoms with E-state index in [1.165, 1.54) is 44.1 Å². The molecule has 2 N–H and O–H groups in total. The van der Waals surface area contributed by atoms with Gasteiger partial charge in [0.2, 0.25) is 5.95 Å². The van der Waals surface area contributed by atoms with Crippen molar-refractivity contribution >= 4 is 28.6 Å². The summed E-state index contributed by atoms with van der Waals surface area (Å²) in [7, 11) is 5.13. The zero-order valence-corrected chi connectivity index (χ0v) is 22.2. The van der Waals surface area contributed by atoms with Gasteiger partial charge in [-0.05, 0) is 56.1 Å². The van der Waals surface area contributed by atoms with E-state index in [-0.39, 0.29) is 14.5 Å². The van der Waals surface area contributed by atoms with Crippen molar-refractivity contribution in [2.45, 2.75) is 25.7 Å². The second-order valence-corrected chi connectivity index (χ2v) is 9.52. The van der Waals surface area contributed by atoms with Gasteiger partial charge in [0.05, 0.1) is 18.1 Å². The van der Waals surface area contributed by atoms with Crippen molar-refractivity contribution in [3.05, 3.63) is 66.0 Å². The van der Waals surface area contributed by atoms with E-state index < -0.39 is 0 Å². The van der Waals surface area contributed by atoms with Crippen LogP contribution in [0.25, 0.3) is 11.0 Å². The molecule has 0 radical (unpaired) electrons. The monoisotopic (exact) mass is 518 g/mol. The van der Waals surface area contributed by atoms with E-state index in [0.29, 0.717) is 17.2 Å². The minimum absolute atomic E-state index is 0. The van der Waals surface area contributed by atoms with Crippen molar-refractivity contribution in [2.24, 2.45) is 7.05 Å². The first-order valence-electron chi connectivity index (χ1n) is 13.0. The Balaban J connectivity index is 0.00000220. The van der Waals surface area contributed by atoms with Crippen LogP contribution in [-0.4, -0.2) is 59.1 Å². The number of anilines is 2. The number of carbonyl (C=O) groups excluding carboxylic acids is 1. The Kier molecular flexibility index (Phi) is 7.74. The number of benzene rings is 2. The molecule has 1 fully saturated rings. The smallest absolute Gasteiger partial charge is 0.269 e. The lowest BCUT2D eigenvalue weighted by atomic mass is 10.1. The van der Waals surface area contributed by atoms with Crippen LogP contribution >= 0.6 is 0 Å². The zero-order chi connectivity index (χ0) is 26.5. The second-order valence-electron chi connectivity index (χ2n) is 9.52. The minimum Gasteiger partial charge on any atom is -0.493 e. The quantitative estimate of drug-likeness (QED) is 0.307. The average molecular weight is 519 g/mol. The van der Waals surface area contributed by atoms with Gasteiger partial charge in [-0.2, -0.15) is 0 Å². The summed E-state index contributed by atoms with van der Waals surface area (Å²) in [5.41, 5.74) is 4.24. The number of methoxy groups -OCH3 is 1. The number of pyridine rings is 1. The van der Waals surface area contributed by atoms with E-state index in [4.69, 9.17) is 14.5 Å². The Morgan fingerprint density at radius 2 is 1.92 bits per heavy atom. The van der Waals surface area contributed by atoms with Gasteiger partial charge in [-0.3, -0.25) is 9.78 Å². The summed E-state index contributed by atoms with van der Waals surface area (Å²) < 4.78 is 13.7. The highest BCUT2D eigenvalue weighted by Gasteiger charge is 2.16. The van der Waals surface area contributed by atoms with Crippen LogP contribution < -0.4 is 20.1 Å². The summed E-state index contributed by atoms with van der Waals surface area (Å²) in [5, 5.41) is 6.05. The molecule has 0 bridgehead atoms. The fourth-order valence-electron chi connectivity index (χ4n) is 4.81. The molecule has 1 amide bonds. The van der Waals surface area contributed by atoms with Gasteiger partial charge in [-0.1, -0.05) is 18.6 Å². The number of likely N-dealkylation sites (tertiary alicyclic amines) is 1. The fraction of sp³-hybridized carbons (Fsp3) is 0.345. The third kappa shape index (κ3) is 5.73. The number of hydrogen-bond donors (Lipinski definition) is 2. The molecule has 1 aliphatic heterocycles. The maximum Gasteiger partial charge on any atom is 0.269 e. The van der Waals surface area contributed by atoms with Crippen LogP contribution in [0, 0.1) is 0 Å². The maximum absolute atomic E-state index is 12.0. The van der Waals surface area contributed by atoms with Crippen molar-refractivity contribution in [3.63, 3.8) is 0 Å². The lowest BCUT2D eigenvalue weighted by Crippen LogP contribution is -2.31. The topological polar surface area (TPSA) is 93.5 Å². The number of amides is 1. The molecule has 2 aromatic carbocycles. The number of nitrogens with zero attached hydrogens (tertiary/aromatic N) is 4. The second kappa shape index (κ2) is 11.5. The van der Waals surface area contributed by atoms with Crippen molar-refractivity contribution < 1.29 is 17.1 Å². The summed E-state index contributed by atoms with van der Waals surface area (Å²) in [4.78, 5) is 23.4. The molecule has 3 heterocycles. The third-order valence-corrected chi connectivity index (χ3v) is 6.93. The lowest BCUT2D eigenvalue weighted by molar-refractivity contribution is 0.0958. The van der Waals surface area contributed by atoms with Crippen LogP contribution in [-0.2, 0) is 13.5 Å². The Labute approximate surface area is 225 Å². The molecule has 4 aromatic rings. The minimum atomic E-state index is -0.283. The van der Waals surface area contributed by atoms with Gasteiger partial charge in [0, 0.05) is 53.6 Å². The number of piperidine rings is 1. The molecule has 0 saturated carbocycles. The summed E-state index contributed by atoms with van der Waals surface area (Å²) in [6, 6.07) is 15.6.